The molecule has 2 N–H and O–H groups in total. The van der Waals surface area contributed by atoms with Gasteiger partial charge in [0.05, 0.1) is 6.07 Å². The van der Waals surface area contributed by atoms with Crippen LogP contribution in [0.15, 0.2) is 0 Å². The lowest BCUT2D eigenvalue weighted by molar-refractivity contribution is 0.281. The number of rotatable bonds is 4. The Labute approximate surface area is 61.7 Å². The molecule has 0 saturated carbocycles. The molecule has 0 bridgehead atoms. The van der Waals surface area contributed by atoms with Crippen LogP contribution in [0.1, 0.15) is 20.3 Å². The zero-order valence-electron chi connectivity index (χ0n) is 6.52. The summed E-state index contributed by atoms with van der Waals surface area (Å²) >= 11 is 0. The van der Waals surface area contributed by atoms with Crippen LogP contribution in [0.4, 0.5) is 0 Å². The quantitative estimate of drug-likeness (QED) is 0.554. The zero-order valence-corrected chi connectivity index (χ0v) is 6.52. The number of aliphatic hydroxyl groups is 1. The fourth-order valence-corrected chi connectivity index (χ4v) is 0.519. The molecule has 0 amide bonds. The van der Waals surface area contributed by atoms with Gasteiger partial charge in [0, 0.05) is 6.61 Å². The minimum Gasteiger partial charge on any atom is -0.396 e. The van der Waals surface area contributed by atoms with Crippen molar-refractivity contribution in [3.05, 3.63) is 0 Å². The summed E-state index contributed by atoms with van der Waals surface area (Å²) in [6.07, 6.45) is 0.700. The van der Waals surface area contributed by atoms with Gasteiger partial charge < -0.3 is 5.11 Å². The van der Waals surface area contributed by atoms with Crippen molar-refractivity contribution in [2.45, 2.75) is 25.8 Å². The van der Waals surface area contributed by atoms with E-state index < -0.39 is 5.54 Å². The van der Waals surface area contributed by atoms with E-state index in [2.05, 4.69) is 11.4 Å². The van der Waals surface area contributed by atoms with E-state index in [0.717, 1.165) is 0 Å². The number of nitrogens with one attached hydrogen (secondary N) is 1. The van der Waals surface area contributed by atoms with Gasteiger partial charge in [-0.25, -0.2) is 0 Å². The van der Waals surface area contributed by atoms with Gasteiger partial charge in [0.25, 0.3) is 0 Å². The minimum atomic E-state index is -0.463. The van der Waals surface area contributed by atoms with Gasteiger partial charge in [-0.2, -0.15) is 5.26 Å². The van der Waals surface area contributed by atoms with E-state index in [4.69, 9.17) is 10.4 Å². The fourth-order valence-electron chi connectivity index (χ4n) is 0.519. The van der Waals surface area contributed by atoms with E-state index in [1.165, 1.54) is 0 Å². The van der Waals surface area contributed by atoms with Crippen LogP contribution in [-0.4, -0.2) is 23.8 Å². The third-order valence-corrected chi connectivity index (χ3v) is 1.18. The Kier molecular flexibility index (Phi) is 4.01. The van der Waals surface area contributed by atoms with E-state index in [1.54, 1.807) is 0 Å². The topological polar surface area (TPSA) is 56.0 Å². The molecule has 10 heavy (non-hydrogen) atoms. The maximum Gasteiger partial charge on any atom is 0.101 e. The average Bonchev–Trinajstić information content (AvgIpc) is 1.89. The van der Waals surface area contributed by atoms with Gasteiger partial charge in [0.15, 0.2) is 0 Å². The van der Waals surface area contributed by atoms with Crippen LogP contribution in [0.2, 0.25) is 0 Å². The highest BCUT2D eigenvalue weighted by Crippen LogP contribution is 1.97. The zero-order chi connectivity index (χ0) is 8.04. The lowest BCUT2D eigenvalue weighted by Crippen LogP contribution is -2.38. The van der Waals surface area contributed by atoms with Crippen LogP contribution in [0.3, 0.4) is 0 Å². The van der Waals surface area contributed by atoms with Crippen molar-refractivity contribution in [2.75, 3.05) is 13.2 Å². The van der Waals surface area contributed by atoms with Crippen molar-refractivity contribution in [2.24, 2.45) is 0 Å². The summed E-state index contributed by atoms with van der Waals surface area (Å²) in [5.41, 5.74) is -0.463. The van der Waals surface area contributed by atoms with Crippen molar-refractivity contribution in [1.29, 1.82) is 5.26 Å². The normalized spacial score (nSPS) is 11.0. The van der Waals surface area contributed by atoms with E-state index in [0.29, 0.717) is 13.0 Å². The highest BCUT2D eigenvalue weighted by Gasteiger charge is 2.13. The number of nitrogens with zero attached hydrogens (tertiary/aromatic N) is 1. The lowest BCUT2D eigenvalue weighted by atomic mass is 10.1. The predicted octanol–water partition coefficient (Wildman–Crippen LogP) is 0.261. The van der Waals surface area contributed by atoms with Crippen LogP contribution in [0.25, 0.3) is 0 Å². The second kappa shape index (κ2) is 4.26. The Bertz CT molecular complexity index is 126. The van der Waals surface area contributed by atoms with Gasteiger partial charge in [0.2, 0.25) is 0 Å². The molecule has 0 heterocycles. The van der Waals surface area contributed by atoms with Crippen molar-refractivity contribution >= 4 is 0 Å². The number of hydrogen-bond acceptors (Lipinski definition) is 3. The van der Waals surface area contributed by atoms with Gasteiger partial charge in [-0.3, -0.25) is 5.32 Å². The molecule has 0 aliphatic carbocycles. The standard InChI is InChI=1S/C7H14N2O/c1-7(2,6-8)9-4-3-5-10/h9-10H,3-5H2,1-2H3. The number of aliphatic hydroxyl groups excluding tert-OH is 1. The molecule has 0 aromatic heterocycles. The van der Waals surface area contributed by atoms with Gasteiger partial charge in [-0.05, 0) is 26.8 Å². The molecule has 0 aliphatic heterocycles. The second-order valence-corrected chi connectivity index (χ2v) is 2.74. The van der Waals surface area contributed by atoms with Crippen molar-refractivity contribution in [3.63, 3.8) is 0 Å². The first kappa shape index (κ1) is 9.41. The van der Waals surface area contributed by atoms with Gasteiger partial charge >= 0.3 is 0 Å². The summed E-state index contributed by atoms with van der Waals surface area (Å²) in [6, 6.07) is 2.11. The molecule has 3 nitrogen and oxygen atoms in total. The third kappa shape index (κ3) is 4.30. The molecule has 0 spiro atoms. The van der Waals surface area contributed by atoms with Crippen LogP contribution < -0.4 is 5.32 Å². The number of hydrogen-bond donors (Lipinski definition) is 2. The first-order chi connectivity index (χ1) is 4.62. The van der Waals surface area contributed by atoms with Crippen molar-refractivity contribution < 1.29 is 5.11 Å². The van der Waals surface area contributed by atoms with E-state index in [1.807, 2.05) is 13.8 Å². The molecular formula is C7H14N2O. The summed E-state index contributed by atoms with van der Waals surface area (Å²) in [6.45, 7) is 4.49. The average molecular weight is 142 g/mol. The SMILES string of the molecule is CC(C)(C#N)NCCCO. The predicted molar refractivity (Wildman–Crippen MR) is 39.4 cm³/mol. The highest BCUT2D eigenvalue weighted by atomic mass is 16.3. The molecule has 0 rings (SSSR count). The summed E-state index contributed by atoms with van der Waals surface area (Å²) in [5.74, 6) is 0. The van der Waals surface area contributed by atoms with Crippen molar-refractivity contribution in [3.8, 4) is 6.07 Å². The lowest BCUT2D eigenvalue weighted by Gasteiger charge is -2.16. The largest absolute Gasteiger partial charge is 0.396 e. The molecule has 0 saturated heterocycles. The van der Waals surface area contributed by atoms with Crippen LogP contribution >= 0.6 is 0 Å². The fraction of sp³-hybridized carbons (Fsp3) is 0.857. The smallest absolute Gasteiger partial charge is 0.101 e. The van der Waals surface area contributed by atoms with E-state index in [9.17, 15) is 0 Å². The molecule has 0 aromatic carbocycles. The van der Waals surface area contributed by atoms with E-state index in [-0.39, 0.29) is 6.61 Å². The molecule has 0 atom stereocenters. The van der Waals surface area contributed by atoms with Crippen LogP contribution in [-0.2, 0) is 0 Å². The van der Waals surface area contributed by atoms with Crippen molar-refractivity contribution in [1.82, 2.24) is 5.32 Å². The Balaban J connectivity index is 3.40. The molecule has 58 valence electrons. The van der Waals surface area contributed by atoms with Gasteiger partial charge in [-0.1, -0.05) is 0 Å². The Morgan fingerprint density at radius 3 is 2.60 bits per heavy atom. The maximum absolute atomic E-state index is 8.52. The summed E-state index contributed by atoms with van der Waals surface area (Å²) < 4.78 is 0. The monoisotopic (exact) mass is 142 g/mol. The molecular weight excluding hydrogens is 128 g/mol. The molecule has 0 aliphatic rings. The van der Waals surface area contributed by atoms with Crippen LogP contribution in [0.5, 0.6) is 0 Å². The first-order valence-corrected chi connectivity index (χ1v) is 3.39. The Hall–Kier alpha value is -0.590. The Morgan fingerprint density at radius 1 is 1.60 bits per heavy atom. The van der Waals surface area contributed by atoms with Gasteiger partial charge in [0.1, 0.15) is 5.54 Å². The maximum atomic E-state index is 8.52. The number of nitriles is 1. The molecule has 0 unspecified atom stereocenters. The second-order valence-electron chi connectivity index (χ2n) is 2.74. The van der Waals surface area contributed by atoms with Crippen LogP contribution in [0, 0.1) is 11.3 Å². The molecule has 0 radical (unpaired) electrons. The van der Waals surface area contributed by atoms with Gasteiger partial charge in [-0.15, -0.1) is 0 Å². The highest BCUT2D eigenvalue weighted by molar-refractivity contribution is 4.99. The summed E-state index contributed by atoms with van der Waals surface area (Å²) in [7, 11) is 0. The molecule has 3 heteroatoms. The third-order valence-electron chi connectivity index (χ3n) is 1.18. The Morgan fingerprint density at radius 2 is 2.20 bits per heavy atom. The molecule has 0 aromatic rings. The first-order valence-electron chi connectivity index (χ1n) is 3.39. The van der Waals surface area contributed by atoms with E-state index >= 15 is 0 Å². The summed E-state index contributed by atoms with van der Waals surface area (Å²) in [4.78, 5) is 0. The minimum absolute atomic E-state index is 0.175. The summed E-state index contributed by atoms with van der Waals surface area (Å²) in [5, 5.41) is 19.9. The molecule has 0 fully saturated rings.